The Hall–Kier alpha value is -3.05. The van der Waals surface area contributed by atoms with Crippen molar-refractivity contribution < 1.29 is 14.3 Å². The van der Waals surface area contributed by atoms with Crippen LogP contribution in [0.15, 0.2) is 66.9 Å². The molecule has 26 heavy (non-hydrogen) atoms. The summed E-state index contributed by atoms with van der Waals surface area (Å²) < 4.78 is 5.06. The van der Waals surface area contributed by atoms with Gasteiger partial charge in [-0.25, -0.2) is 0 Å². The van der Waals surface area contributed by atoms with E-state index in [0.717, 1.165) is 10.8 Å². The Morgan fingerprint density at radius 1 is 0.962 bits per heavy atom. The number of amides is 2. The third kappa shape index (κ3) is 3.95. The molecule has 0 aliphatic rings. The molecule has 2 amide bonds. The van der Waals surface area contributed by atoms with E-state index in [9.17, 15) is 9.59 Å². The molecule has 2 aromatic carbocycles. The van der Waals surface area contributed by atoms with Crippen LogP contribution in [0.4, 0.5) is 0 Å². The van der Waals surface area contributed by atoms with Crippen LogP contribution in [0, 0.1) is 0 Å². The lowest BCUT2D eigenvalue weighted by Gasteiger charge is -2.20. The molecular weight excluding hydrogens is 328 g/mol. The van der Waals surface area contributed by atoms with E-state index in [-0.39, 0.29) is 18.1 Å². The van der Waals surface area contributed by atoms with Gasteiger partial charge in [0.2, 0.25) is 0 Å². The summed E-state index contributed by atoms with van der Waals surface area (Å²) in [5.74, 6) is -0.734. The van der Waals surface area contributed by atoms with Gasteiger partial charge in [0, 0.05) is 32.0 Å². The maximum atomic E-state index is 13.0. The van der Waals surface area contributed by atoms with Crippen molar-refractivity contribution in [2.45, 2.75) is 6.42 Å². The molecule has 0 radical (unpaired) electrons. The van der Waals surface area contributed by atoms with Crippen LogP contribution in [0.3, 0.4) is 0 Å². The molecule has 0 fully saturated rings. The third-order valence-electron chi connectivity index (χ3n) is 4.10. The number of hydrogen-bond donors (Lipinski definition) is 0. The molecule has 0 aliphatic carbocycles. The number of carbonyl (C=O) groups is 2. The summed E-state index contributed by atoms with van der Waals surface area (Å²) in [6.07, 6.45) is 2.11. The second kappa shape index (κ2) is 8.36. The molecule has 5 heteroatoms. The Morgan fingerprint density at radius 2 is 1.73 bits per heavy atom. The number of methoxy groups -OCH3 is 1. The number of aromatic nitrogens is 1. The smallest absolute Gasteiger partial charge is 0.279 e. The van der Waals surface area contributed by atoms with Crippen molar-refractivity contribution in [2.24, 2.45) is 0 Å². The summed E-state index contributed by atoms with van der Waals surface area (Å²) in [5, 5.41) is 2.01. The minimum Gasteiger partial charge on any atom is -0.385 e. The Labute approximate surface area is 152 Å². The molecule has 1 aromatic heterocycles. The van der Waals surface area contributed by atoms with Crippen LogP contribution in [0.5, 0.6) is 0 Å². The van der Waals surface area contributed by atoms with E-state index in [1.54, 1.807) is 37.6 Å². The van der Waals surface area contributed by atoms with E-state index in [0.29, 0.717) is 18.6 Å². The largest absolute Gasteiger partial charge is 0.385 e. The van der Waals surface area contributed by atoms with Gasteiger partial charge in [0.05, 0.1) is 0 Å². The fraction of sp³-hybridized carbons (Fsp3) is 0.190. The molecular formula is C21H20N2O3. The number of nitrogens with zero attached hydrogens (tertiary/aromatic N) is 2. The molecule has 0 spiro atoms. The summed E-state index contributed by atoms with van der Waals surface area (Å²) in [6.45, 7) is 0.742. The average Bonchev–Trinajstić information content (AvgIpc) is 2.70. The van der Waals surface area contributed by atoms with Crippen LogP contribution < -0.4 is 0 Å². The van der Waals surface area contributed by atoms with Crippen molar-refractivity contribution in [3.05, 3.63) is 78.1 Å². The number of ether oxygens (including phenoxy) is 1. The van der Waals surface area contributed by atoms with E-state index in [2.05, 4.69) is 4.98 Å². The predicted octanol–water partition coefficient (Wildman–Crippen LogP) is 3.55. The Kier molecular flexibility index (Phi) is 5.71. The van der Waals surface area contributed by atoms with Crippen molar-refractivity contribution in [1.82, 2.24) is 9.88 Å². The van der Waals surface area contributed by atoms with Gasteiger partial charge in [-0.05, 0) is 41.5 Å². The van der Waals surface area contributed by atoms with Crippen molar-refractivity contribution >= 4 is 22.6 Å². The van der Waals surface area contributed by atoms with Gasteiger partial charge in [-0.3, -0.25) is 19.5 Å². The first-order chi connectivity index (χ1) is 12.7. The van der Waals surface area contributed by atoms with Crippen molar-refractivity contribution in [2.75, 3.05) is 20.3 Å². The number of carbonyl (C=O) groups excluding carboxylic acids is 2. The van der Waals surface area contributed by atoms with E-state index >= 15 is 0 Å². The van der Waals surface area contributed by atoms with Crippen molar-refractivity contribution in [3.8, 4) is 0 Å². The number of fused-ring (bicyclic) bond motifs is 1. The molecule has 0 N–H and O–H groups in total. The fourth-order valence-electron chi connectivity index (χ4n) is 2.77. The monoisotopic (exact) mass is 348 g/mol. The number of benzene rings is 2. The summed E-state index contributed by atoms with van der Waals surface area (Å²) in [7, 11) is 1.59. The van der Waals surface area contributed by atoms with Crippen molar-refractivity contribution in [3.63, 3.8) is 0 Å². The maximum absolute atomic E-state index is 13.0. The topological polar surface area (TPSA) is 59.5 Å². The molecule has 3 rings (SSSR count). The highest BCUT2D eigenvalue weighted by atomic mass is 16.5. The average molecular weight is 348 g/mol. The molecule has 5 nitrogen and oxygen atoms in total. The molecule has 0 bridgehead atoms. The lowest BCUT2D eigenvalue weighted by molar-refractivity contribution is 0.0597. The second-order valence-corrected chi connectivity index (χ2v) is 5.89. The first-order valence-electron chi connectivity index (χ1n) is 8.45. The van der Waals surface area contributed by atoms with E-state index in [1.165, 1.54) is 4.90 Å². The van der Waals surface area contributed by atoms with Crippen LogP contribution in [0.2, 0.25) is 0 Å². The van der Waals surface area contributed by atoms with Crippen molar-refractivity contribution in [1.29, 1.82) is 0 Å². The van der Waals surface area contributed by atoms with Crippen LogP contribution in [-0.2, 0) is 4.74 Å². The highest BCUT2D eigenvalue weighted by molar-refractivity contribution is 6.10. The molecule has 0 aliphatic heterocycles. The van der Waals surface area contributed by atoms with E-state index in [4.69, 9.17) is 4.74 Å². The Morgan fingerprint density at radius 3 is 2.46 bits per heavy atom. The summed E-state index contributed by atoms with van der Waals surface area (Å²) >= 11 is 0. The maximum Gasteiger partial charge on any atom is 0.279 e. The molecule has 0 atom stereocenters. The number of pyridine rings is 1. The van der Waals surface area contributed by atoms with Gasteiger partial charge in [0.1, 0.15) is 5.69 Å². The Balaban J connectivity index is 1.91. The lowest BCUT2D eigenvalue weighted by Crippen LogP contribution is -2.38. The highest BCUT2D eigenvalue weighted by Crippen LogP contribution is 2.18. The van der Waals surface area contributed by atoms with Gasteiger partial charge >= 0.3 is 0 Å². The number of rotatable bonds is 6. The predicted molar refractivity (Wildman–Crippen MR) is 100 cm³/mol. The lowest BCUT2D eigenvalue weighted by atomic mass is 10.1. The van der Waals surface area contributed by atoms with Crippen LogP contribution in [0.1, 0.15) is 27.3 Å². The zero-order valence-corrected chi connectivity index (χ0v) is 14.6. The number of hydrogen-bond acceptors (Lipinski definition) is 4. The number of imide groups is 1. The minimum atomic E-state index is -0.403. The van der Waals surface area contributed by atoms with Gasteiger partial charge in [-0.2, -0.15) is 0 Å². The van der Waals surface area contributed by atoms with Gasteiger partial charge < -0.3 is 4.74 Å². The standard InChI is InChI=1S/C21H20N2O3/c1-26-14-6-13-23(21(25)19-9-4-5-12-22-19)20(24)18-11-10-16-7-2-3-8-17(16)15-18/h2-5,7-12,15H,6,13-14H2,1H3. The van der Waals surface area contributed by atoms with E-state index in [1.807, 2.05) is 36.4 Å². The molecule has 0 saturated carbocycles. The summed E-state index contributed by atoms with van der Waals surface area (Å²) in [6, 6.07) is 18.3. The fourth-order valence-corrected chi connectivity index (χ4v) is 2.77. The zero-order chi connectivity index (χ0) is 18.4. The quantitative estimate of drug-likeness (QED) is 0.505. The third-order valence-corrected chi connectivity index (χ3v) is 4.10. The van der Waals surface area contributed by atoms with Crippen LogP contribution in [-0.4, -0.2) is 42.0 Å². The van der Waals surface area contributed by atoms with E-state index < -0.39 is 5.91 Å². The summed E-state index contributed by atoms with van der Waals surface area (Å²) in [5.41, 5.74) is 0.726. The molecule has 0 saturated heterocycles. The van der Waals surface area contributed by atoms with Crippen LogP contribution >= 0.6 is 0 Å². The van der Waals surface area contributed by atoms with Gasteiger partial charge in [-0.1, -0.05) is 36.4 Å². The normalized spacial score (nSPS) is 10.7. The zero-order valence-electron chi connectivity index (χ0n) is 14.6. The SMILES string of the molecule is COCCCN(C(=O)c1ccc2ccccc2c1)C(=O)c1ccccn1. The molecule has 3 aromatic rings. The highest BCUT2D eigenvalue weighted by Gasteiger charge is 2.24. The van der Waals surface area contributed by atoms with Gasteiger partial charge in [-0.15, -0.1) is 0 Å². The first kappa shape index (κ1) is 17.8. The minimum absolute atomic E-state index is 0.249. The second-order valence-electron chi connectivity index (χ2n) is 5.89. The first-order valence-corrected chi connectivity index (χ1v) is 8.45. The molecule has 0 unspecified atom stereocenters. The summed E-state index contributed by atoms with van der Waals surface area (Å²) in [4.78, 5) is 31.2. The van der Waals surface area contributed by atoms with Crippen LogP contribution in [0.25, 0.3) is 10.8 Å². The Bertz CT molecular complexity index is 909. The molecule has 1 heterocycles. The molecule has 132 valence electrons. The van der Waals surface area contributed by atoms with Gasteiger partial charge in [0.15, 0.2) is 0 Å². The van der Waals surface area contributed by atoms with Gasteiger partial charge in [0.25, 0.3) is 11.8 Å².